The normalized spacial score (nSPS) is 15.2. The van der Waals surface area contributed by atoms with Crippen LogP contribution in [0.15, 0.2) is 30.5 Å². The van der Waals surface area contributed by atoms with Gasteiger partial charge in [-0.3, -0.25) is 4.90 Å². The zero-order valence-corrected chi connectivity index (χ0v) is 17.0. The third kappa shape index (κ3) is 5.38. The summed E-state index contributed by atoms with van der Waals surface area (Å²) in [6.07, 6.45) is 0.566. The number of imidazole rings is 1. The molecule has 0 bridgehead atoms. The number of hydrogen-bond donors (Lipinski definition) is 1. The topological polar surface area (TPSA) is 72.5 Å². The number of hydrogen-bond acceptors (Lipinski definition) is 6. The number of pyridine rings is 1. The van der Waals surface area contributed by atoms with Crippen LogP contribution in [0.25, 0.3) is 22.6 Å². The Bertz CT molecular complexity index is 1030. The summed E-state index contributed by atoms with van der Waals surface area (Å²) in [5, 5.41) is 0. The van der Waals surface area contributed by atoms with Gasteiger partial charge >= 0.3 is 6.36 Å². The van der Waals surface area contributed by atoms with Crippen LogP contribution in [0.3, 0.4) is 0 Å². The standard InChI is InChI=1S/C21H23F3N4O3/c1-29-18-12-15(30-10-9-28-7-3-2-4-8-28)13-25-19(18)20-26-16-6-5-14(11-17(16)27-20)31-21(22,23)24/h5-6,11-13H,2-4,7-10H2,1H3,(H,26,27). The van der Waals surface area contributed by atoms with E-state index in [0.29, 0.717) is 40.7 Å². The fraction of sp³-hybridized carbons (Fsp3) is 0.429. The van der Waals surface area contributed by atoms with Crippen LogP contribution in [-0.4, -0.2) is 59.6 Å². The van der Waals surface area contributed by atoms with Gasteiger partial charge in [-0.25, -0.2) is 9.97 Å². The number of ether oxygens (including phenoxy) is 3. The van der Waals surface area contributed by atoms with Crippen LogP contribution < -0.4 is 14.2 Å². The van der Waals surface area contributed by atoms with Gasteiger partial charge in [-0.15, -0.1) is 13.2 Å². The summed E-state index contributed by atoms with van der Waals surface area (Å²) in [6.45, 7) is 3.62. The van der Waals surface area contributed by atoms with Crippen molar-refractivity contribution in [3.8, 4) is 28.8 Å². The first kappa shape index (κ1) is 21.2. The first-order valence-electron chi connectivity index (χ1n) is 10.1. The van der Waals surface area contributed by atoms with E-state index in [9.17, 15) is 13.2 Å². The summed E-state index contributed by atoms with van der Waals surface area (Å²) >= 11 is 0. The molecule has 1 fully saturated rings. The summed E-state index contributed by atoms with van der Waals surface area (Å²) in [7, 11) is 1.51. The van der Waals surface area contributed by atoms with E-state index in [-0.39, 0.29) is 5.75 Å². The number of alkyl halides is 3. The van der Waals surface area contributed by atoms with Crippen molar-refractivity contribution in [2.45, 2.75) is 25.6 Å². The number of nitrogens with zero attached hydrogens (tertiary/aromatic N) is 3. The number of rotatable bonds is 7. The smallest absolute Gasteiger partial charge is 0.494 e. The van der Waals surface area contributed by atoms with Crippen LogP contribution in [-0.2, 0) is 0 Å². The van der Waals surface area contributed by atoms with Gasteiger partial charge in [-0.2, -0.15) is 0 Å². The van der Waals surface area contributed by atoms with Gasteiger partial charge in [-0.1, -0.05) is 6.42 Å². The molecule has 1 N–H and O–H groups in total. The molecule has 0 atom stereocenters. The Morgan fingerprint density at radius 2 is 1.90 bits per heavy atom. The zero-order chi connectivity index (χ0) is 21.8. The second-order valence-corrected chi connectivity index (χ2v) is 7.28. The van der Waals surface area contributed by atoms with Crippen molar-refractivity contribution in [1.29, 1.82) is 0 Å². The van der Waals surface area contributed by atoms with Gasteiger partial charge in [0.05, 0.1) is 24.3 Å². The lowest BCUT2D eigenvalue weighted by Crippen LogP contribution is -2.33. The van der Waals surface area contributed by atoms with E-state index in [1.54, 1.807) is 12.3 Å². The number of methoxy groups -OCH3 is 1. The Morgan fingerprint density at radius 3 is 2.65 bits per heavy atom. The molecule has 1 aromatic carbocycles. The maximum atomic E-state index is 12.5. The SMILES string of the molecule is COc1cc(OCCN2CCCCC2)cnc1-c1nc2cc(OC(F)(F)F)ccc2[nH]1. The molecule has 3 heterocycles. The largest absolute Gasteiger partial charge is 0.573 e. The lowest BCUT2D eigenvalue weighted by atomic mass is 10.1. The highest BCUT2D eigenvalue weighted by molar-refractivity contribution is 5.81. The van der Waals surface area contributed by atoms with Crippen molar-refractivity contribution < 1.29 is 27.4 Å². The van der Waals surface area contributed by atoms with Crippen molar-refractivity contribution in [1.82, 2.24) is 19.9 Å². The molecule has 1 aliphatic heterocycles. The summed E-state index contributed by atoms with van der Waals surface area (Å²) in [5.41, 5.74) is 1.30. The van der Waals surface area contributed by atoms with Crippen molar-refractivity contribution in [3.63, 3.8) is 0 Å². The van der Waals surface area contributed by atoms with Gasteiger partial charge in [0.2, 0.25) is 0 Å². The maximum Gasteiger partial charge on any atom is 0.573 e. The van der Waals surface area contributed by atoms with E-state index in [0.717, 1.165) is 19.6 Å². The monoisotopic (exact) mass is 436 g/mol. The molecule has 166 valence electrons. The minimum Gasteiger partial charge on any atom is -0.494 e. The average molecular weight is 436 g/mol. The molecule has 2 aromatic heterocycles. The van der Waals surface area contributed by atoms with Crippen LogP contribution in [0.2, 0.25) is 0 Å². The number of fused-ring (bicyclic) bond motifs is 1. The Morgan fingerprint density at radius 1 is 1.10 bits per heavy atom. The molecule has 0 aliphatic carbocycles. The van der Waals surface area contributed by atoms with Crippen molar-refractivity contribution in [3.05, 3.63) is 30.5 Å². The van der Waals surface area contributed by atoms with Gasteiger partial charge in [0.1, 0.15) is 23.8 Å². The Kier molecular flexibility index (Phi) is 6.17. The van der Waals surface area contributed by atoms with Gasteiger partial charge < -0.3 is 19.2 Å². The molecule has 0 unspecified atom stereocenters. The van der Waals surface area contributed by atoms with E-state index in [1.165, 1.54) is 44.6 Å². The summed E-state index contributed by atoms with van der Waals surface area (Å²) in [5.74, 6) is 1.06. The Balaban J connectivity index is 1.48. The fourth-order valence-corrected chi connectivity index (χ4v) is 3.61. The highest BCUT2D eigenvalue weighted by atomic mass is 19.4. The van der Waals surface area contributed by atoms with Gasteiger partial charge in [0, 0.05) is 18.7 Å². The number of aromatic nitrogens is 3. The van der Waals surface area contributed by atoms with E-state index in [4.69, 9.17) is 9.47 Å². The van der Waals surface area contributed by atoms with Crippen LogP contribution in [0.5, 0.6) is 17.2 Å². The maximum absolute atomic E-state index is 12.5. The first-order chi connectivity index (χ1) is 14.9. The van der Waals surface area contributed by atoms with Crippen LogP contribution >= 0.6 is 0 Å². The number of nitrogens with one attached hydrogen (secondary N) is 1. The second-order valence-electron chi connectivity index (χ2n) is 7.28. The molecule has 0 radical (unpaired) electrons. The Labute approximate surface area is 177 Å². The molecule has 31 heavy (non-hydrogen) atoms. The molecule has 4 rings (SSSR count). The van der Waals surface area contributed by atoms with Crippen molar-refractivity contribution in [2.75, 3.05) is 33.4 Å². The zero-order valence-electron chi connectivity index (χ0n) is 17.0. The van der Waals surface area contributed by atoms with E-state index < -0.39 is 6.36 Å². The quantitative estimate of drug-likeness (QED) is 0.592. The highest BCUT2D eigenvalue weighted by Crippen LogP contribution is 2.32. The van der Waals surface area contributed by atoms with Crippen molar-refractivity contribution >= 4 is 11.0 Å². The number of likely N-dealkylation sites (tertiary alicyclic amines) is 1. The third-order valence-electron chi connectivity index (χ3n) is 5.08. The minimum absolute atomic E-state index is 0.322. The molecule has 0 saturated carbocycles. The molecular weight excluding hydrogens is 413 g/mol. The minimum atomic E-state index is -4.76. The van der Waals surface area contributed by atoms with Gasteiger partial charge in [-0.05, 0) is 38.1 Å². The average Bonchev–Trinajstić information content (AvgIpc) is 3.16. The lowest BCUT2D eigenvalue weighted by molar-refractivity contribution is -0.274. The molecule has 0 spiro atoms. The predicted octanol–water partition coefficient (Wildman–Crippen LogP) is 4.40. The van der Waals surface area contributed by atoms with Gasteiger partial charge in [0.15, 0.2) is 11.6 Å². The molecule has 7 nitrogen and oxygen atoms in total. The van der Waals surface area contributed by atoms with Gasteiger partial charge in [0.25, 0.3) is 0 Å². The van der Waals surface area contributed by atoms with Crippen LogP contribution in [0.1, 0.15) is 19.3 Å². The molecule has 1 aliphatic rings. The highest BCUT2D eigenvalue weighted by Gasteiger charge is 2.31. The lowest BCUT2D eigenvalue weighted by Gasteiger charge is -2.26. The fourth-order valence-electron chi connectivity index (χ4n) is 3.61. The number of piperidine rings is 1. The summed E-state index contributed by atoms with van der Waals surface area (Å²) < 4.78 is 52.6. The molecule has 10 heteroatoms. The molecule has 1 saturated heterocycles. The van der Waals surface area contributed by atoms with E-state index in [1.807, 2.05) is 0 Å². The van der Waals surface area contributed by atoms with E-state index in [2.05, 4.69) is 24.6 Å². The first-order valence-corrected chi connectivity index (χ1v) is 10.1. The van der Waals surface area contributed by atoms with Crippen LogP contribution in [0, 0.1) is 0 Å². The Hall–Kier alpha value is -3.01. The molecule has 3 aromatic rings. The number of aromatic amines is 1. The van der Waals surface area contributed by atoms with Crippen molar-refractivity contribution in [2.24, 2.45) is 0 Å². The third-order valence-corrected chi connectivity index (χ3v) is 5.08. The summed E-state index contributed by atoms with van der Waals surface area (Å²) in [4.78, 5) is 14.2. The number of halogens is 3. The second kappa shape index (κ2) is 9.01. The number of H-pyrrole nitrogens is 1. The number of benzene rings is 1. The van der Waals surface area contributed by atoms with Crippen LogP contribution in [0.4, 0.5) is 13.2 Å². The predicted molar refractivity (Wildman–Crippen MR) is 108 cm³/mol. The van der Waals surface area contributed by atoms with E-state index >= 15 is 0 Å². The summed E-state index contributed by atoms with van der Waals surface area (Å²) in [6, 6.07) is 5.64. The molecular formula is C21H23F3N4O3. The molecule has 0 amide bonds.